The number of pyridine rings is 1. The van der Waals surface area contributed by atoms with Gasteiger partial charge in [0.25, 0.3) is 11.8 Å². The number of aromatic nitrogens is 1. The number of halogens is 2. The van der Waals surface area contributed by atoms with Gasteiger partial charge in [0.05, 0.1) is 12.6 Å². The van der Waals surface area contributed by atoms with E-state index in [0.717, 1.165) is 11.6 Å². The minimum Gasteiger partial charge on any atom is -0.483 e. The van der Waals surface area contributed by atoms with Crippen LogP contribution >= 0.6 is 0 Å². The molecule has 4 heterocycles. The number of carbonyl (C=O) groups excluding carboxylic acids is 2. The molecule has 0 saturated carbocycles. The van der Waals surface area contributed by atoms with E-state index >= 15 is 0 Å². The van der Waals surface area contributed by atoms with Gasteiger partial charge in [0.1, 0.15) is 30.0 Å². The number of benzene rings is 2. The molecule has 2 unspecified atom stereocenters. The minimum atomic E-state index is -1.15. The highest BCUT2D eigenvalue weighted by molar-refractivity contribution is 5.99. The summed E-state index contributed by atoms with van der Waals surface area (Å²) in [7, 11) is 3.72. The van der Waals surface area contributed by atoms with E-state index in [1.54, 1.807) is 14.5 Å². The second kappa shape index (κ2) is 11.6. The lowest BCUT2D eigenvalue weighted by Crippen LogP contribution is -2.61. The van der Waals surface area contributed by atoms with Gasteiger partial charge in [0, 0.05) is 44.5 Å². The SMILES string of the molecule is CC1N(Cc2ccc(F)cc2F)OC2(CC[C@H](C)N3C[C@H]2n2cc(C(N)=O)c(=O)c(OCc4ccccc4)c2C3=O)N1N(C)C. The van der Waals surface area contributed by atoms with Gasteiger partial charge >= 0.3 is 0 Å². The molecule has 13 heteroatoms. The van der Waals surface area contributed by atoms with E-state index in [4.69, 9.17) is 15.3 Å². The summed E-state index contributed by atoms with van der Waals surface area (Å²) in [6.07, 6.45) is 1.87. The molecule has 2 bridgehead atoms. The molecule has 2 saturated heterocycles. The van der Waals surface area contributed by atoms with E-state index in [-0.39, 0.29) is 48.3 Å². The third-order valence-corrected chi connectivity index (χ3v) is 9.03. The van der Waals surface area contributed by atoms with E-state index in [1.807, 2.05) is 68.3 Å². The van der Waals surface area contributed by atoms with Gasteiger partial charge in [-0.15, -0.1) is 0 Å². The Morgan fingerprint density at radius 1 is 1.13 bits per heavy atom. The molecule has 1 aromatic heterocycles. The van der Waals surface area contributed by atoms with Crippen molar-refractivity contribution in [2.24, 2.45) is 5.73 Å². The van der Waals surface area contributed by atoms with Crippen LogP contribution in [0, 0.1) is 11.6 Å². The van der Waals surface area contributed by atoms with E-state index in [0.29, 0.717) is 12.8 Å². The average molecular weight is 623 g/mol. The number of rotatable bonds is 7. The molecule has 0 radical (unpaired) electrons. The highest BCUT2D eigenvalue weighted by Gasteiger charge is 2.61. The lowest BCUT2D eigenvalue weighted by molar-refractivity contribution is -0.256. The summed E-state index contributed by atoms with van der Waals surface area (Å²) in [5.74, 6) is -2.99. The van der Waals surface area contributed by atoms with Crippen molar-refractivity contribution in [2.75, 3.05) is 20.6 Å². The zero-order valence-corrected chi connectivity index (χ0v) is 25.6. The fraction of sp³-hybridized carbons (Fsp3) is 0.406. The van der Waals surface area contributed by atoms with Gasteiger partial charge in [-0.1, -0.05) is 36.4 Å². The largest absolute Gasteiger partial charge is 0.483 e. The molecule has 3 aliphatic heterocycles. The van der Waals surface area contributed by atoms with Crippen molar-refractivity contribution in [1.29, 1.82) is 0 Å². The van der Waals surface area contributed by atoms with Crippen LogP contribution in [0.15, 0.2) is 59.5 Å². The number of hydrogen-bond donors (Lipinski definition) is 1. The maximum atomic E-state index is 14.8. The Labute approximate surface area is 259 Å². The first-order chi connectivity index (χ1) is 21.4. The van der Waals surface area contributed by atoms with Crippen LogP contribution in [0.25, 0.3) is 0 Å². The number of fused-ring (bicyclic) bond motifs is 5. The normalized spacial score (nSPS) is 25.1. The molecule has 2 fully saturated rings. The summed E-state index contributed by atoms with van der Waals surface area (Å²) in [6, 6.07) is 11.7. The topological polar surface area (TPSA) is 114 Å². The van der Waals surface area contributed by atoms with Crippen molar-refractivity contribution < 1.29 is 27.9 Å². The minimum absolute atomic E-state index is 0.00305. The van der Waals surface area contributed by atoms with Crippen LogP contribution in [-0.4, -0.2) is 74.9 Å². The Balaban J connectivity index is 1.51. The number of primary amides is 1. The Morgan fingerprint density at radius 3 is 2.53 bits per heavy atom. The summed E-state index contributed by atoms with van der Waals surface area (Å²) in [6.45, 7) is 4.04. The van der Waals surface area contributed by atoms with E-state index < -0.39 is 46.8 Å². The maximum absolute atomic E-state index is 14.8. The van der Waals surface area contributed by atoms with Crippen LogP contribution < -0.4 is 15.9 Å². The van der Waals surface area contributed by atoms with Crippen molar-refractivity contribution in [3.8, 4) is 5.75 Å². The van der Waals surface area contributed by atoms with Gasteiger partial charge in [0.2, 0.25) is 5.43 Å². The second-order valence-corrected chi connectivity index (χ2v) is 12.0. The molecule has 4 atom stereocenters. The van der Waals surface area contributed by atoms with Crippen LogP contribution in [0.4, 0.5) is 8.78 Å². The first kappa shape index (κ1) is 30.8. The van der Waals surface area contributed by atoms with Crippen molar-refractivity contribution in [3.05, 3.63) is 99.0 Å². The monoisotopic (exact) mass is 622 g/mol. The van der Waals surface area contributed by atoms with Gasteiger partial charge in [-0.2, -0.15) is 10.1 Å². The molecule has 6 rings (SSSR count). The summed E-state index contributed by atoms with van der Waals surface area (Å²) < 4.78 is 36.1. The lowest BCUT2D eigenvalue weighted by Gasteiger charge is -2.47. The van der Waals surface area contributed by atoms with Gasteiger partial charge in [-0.25, -0.2) is 13.8 Å². The predicted octanol–water partition coefficient (Wildman–Crippen LogP) is 3.25. The van der Waals surface area contributed by atoms with Crippen LogP contribution in [0.3, 0.4) is 0 Å². The Kier molecular flexibility index (Phi) is 7.98. The molecular formula is C32H36F2N6O5. The summed E-state index contributed by atoms with van der Waals surface area (Å²) in [5, 5.41) is 5.53. The number of nitrogens with two attached hydrogens (primary N) is 1. The van der Waals surface area contributed by atoms with E-state index in [9.17, 15) is 23.2 Å². The lowest BCUT2D eigenvalue weighted by atomic mass is 9.95. The fourth-order valence-corrected chi connectivity index (χ4v) is 6.86. The number of nitrogens with zero attached hydrogens (tertiary/aromatic N) is 5. The fourth-order valence-electron chi connectivity index (χ4n) is 6.86. The van der Waals surface area contributed by atoms with Crippen LogP contribution in [0.5, 0.6) is 5.75 Å². The third kappa shape index (κ3) is 5.19. The summed E-state index contributed by atoms with van der Waals surface area (Å²) >= 11 is 0. The molecule has 3 aromatic rings. The van der Waals surface area contributed by atoms with Crippen LogP contribution in [0.2, 0.25) is 0 Å². The maximum Gasteiger partial charge on any atom is 0.274 e. The van der Waals surface area contributed by atoms with Crippen molar-refractivity contribution in [1.82, 2.24) is 24.5 Å². The predicted molar refractivity (Wildman–Crippen MR) is 159 cm³/mol. The molecule has 2 aromatic carbocycles. The Bertz CT molecular complexity index is 1700. The Hall–Kier alpha value is -4.17. The average Bonchev–Trinajstić information content (AvgIpc) is 3.21. The molecule has 45 heavy (non-hydrogen) atoms. The highest BCUT2D eigenvalue weighted by Crippen LogP contribution is 2.49. The molecular weight excluding hydrogens is 586 g/mol. The van der Waals surface area contributed by atoms with Crippen LogP contribution in [0.1, 0.15) is 64.7 Å². The van der Waals surface area contributed by atoms with Gasteiger partial charge in [0.15, 0.2) is 17.2 Å². The van der Waals surface area contributed by atoms with E-state index in [2.05, 4.69) is 0 Å². The van der Waals surface area contributed by atoms with Crippen LogP contribution in [-0.2, 0) is 18.0 Å². The smallest absolute Gasteiger partial charge is 0.274 e. The summed E-state index contributed by atoms with van der Waals surface area (Å²) in [4.78, 5) is 48.9. The molecule has 238 valence electrons. The molecule has 0 aliphatic carbocycles. The Morgan fingerprint density at radius 2 is 1.87 bits per heavy atom. The van der Waals surface area contributed by atoms with Gasteiger partial charge in [-0.3, -0.25) is 19.2 Å². The second-order valence-electron chi connectivity index (χ2n) is 12.0. The summed E-state index contributed by atoms with van der Waals surface area (Å²) in [5.41, 5.74) is 4.47. The zero-order chi connectivity index (χ0) is 32.2. The van der Waals surface area contributed by atoms with Crippen molar-refractivity contribution in [3.63, 3.8) is 0 Å². The zero-order valence-electron chi connectivity index (χ0n) is 25.6. The van der Waals surface area contributed by atoms with Gasteiger partial charge < -0.3 is 19.9 Å². The quantitative estimate of drug-likeness (QED) is 0.428. The number of hydrazine groups is 1. The van der Waals surface area contributed by atoms with Crippen molar-refractivity contribution >= 4 is 11.8 Å². The molecule has 11 nitrogen and oxygen atoms in total. The third-order valence-electron chi connectivity index (χ3n) is 9.03. The highest BCUT2D eigenvalue weighted by atomic mass is 19.1. The molecule has 3 aliphatic rings. The number of carbonyl (C=O) groups is 2. The number of hydrogen-bond acceptors (Lipinski definition) is 8. The molecule has 2 N–H and O–H groups in total. The first-order valence-corrected chi connectivity index (χ1v) is 14.9. The number of ether oxygens (including phenoxy) is 1. The standard InChI is InChI=1S/C32H36F2N6O5/c1-19-12-13-32(40(36(3)4)20(2)39(45-32)15-22-10-11-23(33)14-25(22)34)26-17-37(19)31(43)27-29(44-18-21-8-6-5-7-9-21)28(41)24(30(35)42)16-38(26)27/h5-11,14,16,19-20,26H,12-13,15,17-18H2,1-4H3,(H2,35,42)/t19-,20?,26+,32?/m0/s1. The van der Waals surface area contributed by atoms with Crippen molar-refractivity contribution in [2.45, 2.75) is 63.8 Å². The number of amides is 2. The van der Waals surface area contributed by atoms with Gasteiger partial charge in [-0.05, 0) is 38.3 Å². The van der Waals surface area contributed by atoms with E-state index in [1.165, 1.54) is 18.3 Å². The first-order valence-electron chi connectivity index (χ1n) is 14.9. The molecule has 1 spiro atoms. The number of hydroxylamine groups is 2. The molecule has 2 amide bonds.